The van der Waals surface area contributed by atoms with E-state index in [0.717, 1.165) is 38.3 Å². The Morgan fingerprint density at radius 3 is 2.52 bits per heavy atom. The molecule has 0 aliphatic carbocycles. The second-order valence-electron chi connectivity index (χ2n) is 6.36. The molecule has 0 N–H and O–H groups in total. The molecule has 4 nitrogen and oxygen atoms in total. The molecule has 1 saturated heterocycles. The van der Waals surface area contributed by atoms with Crippen LogP contribution in [0.3, 0.4) is 0 Å². The first kappa shape index (κ1) is 17.5. The highest BCUT2D eigenvalue weighted by Crippen LogP contribution is 2.24. The highest BCUT2D eigenvalue weighted by Gasteiger charge is 2.29. The molecular weight excluding hydrogens is 312 g/mol. The number of rotatable bonds is 6. The van der Waals surface area contributed by atoms with Crippen molar-refractivity contribution < 1.29 is 9.53 Å². The normalized spacial score (nSPS) is 17.1. The van der Waals surface area contributed by atoms with E-state index in [1.807, 2.05) is 59.5 Å². The smallest absolute Gasteiger partial charge is 0.254 e. The largest absolute Gasteiger partial charge is 0.457 e. The quantitative estimate of drug-likeness (QED) is 0.797. The fourth-order valence-corrected chi connectivity index (χ4v) is 3.46. The minimum Gasteiger partial charge on any atom is -0.457 e. The Bertz CT molecular complexity index is 698. The van der Waals surface area contributed by atoms with Crippen LogP contribution in [0.2, 0.25) is 0 Å². The van der Waals surface area contributed by atoms with Crippen molar-refractivity contribution >= 4 is 5.91 Å². The lowest BCUT2D eigenvalue weighted by molar-refractivity contribution is 0.0777. The van der Waals surface area contributed by atoms with Gasteiger partial charge in [-0.25, -0.2) is 0 Å². The Morgan fingerprint density at radius 2 is 1.80 bits per heavy atom. The summed E-state index contributed by atoms with van der Waals surface area (Å²) in [6, 6.07) is 17.6. The summed E-state index contributed by atoms with van der Waals surface area (Å²) in [4.78, 5) is 17.2. The molecule has 0 bridgehead atoms. The molecule has 1 amide bonds. The number of carbonyl (C=O) groups excluding carboxylic acids is 1. The molecule has 2 aromatic rings. The van der Waals surface area contributed by atoms with Crippen LogP contribution in [0.1, 0.15) is 30.6 Å². The molecule has 1 aliphatic heterocycles. The first-order valence-electron chi connectivity index (χ1n) is 9.07. The minimum absolute atomic E-state index is 0.0909. The molecule has 1 unspecified atom stereocenters. The fourth-order valence-electron chi connectivity index (χ4n) is 3.46. The lowest BCUT2D eigenvalue weighted by atomic mass is 10.2. The topological polar surface area (TPSA) is 32.8 Å². The number of benzene rings is 2. The molecule has 0 saturated carbocycles. The van der Waals surface area contributed by atoms with E-state index in [1.165, 1.54) is 0 Å². The van der Waals surface area contributed by atoms with Crippen molar-refractivity contribution in [2.24, 2.45) is 0 Å². The first-order chi connectivity index (χ1) is 12.2. The zero-order chi connectivity index (χ0) is 17.6. The third-order valence-corrected chi connectivity index (χ3v) is 4.84. The van der Waals surface area contributed by atoms with Crippen LogP contribution in [-0.4, -0.2) is 47.9 Å². The Balaban J connectivity index is 1.68. The molecule has 0 aromatic heterocycles. The standard InChI is InChI=1S/C21H26N2O2/c1-3-22(4-2)18-13-14-23(16-18)21(24)17-9-8-12-20(15-17)25-19-10-6-5-7-11-19/h5-12,15,18H,3-4,13-14,16H2,1-2H3. The van der Waals surface area contributed by atoms with Crippen molar-refractivity contribution in [2.45, 2.75) is 26.3 Å². The van der Waals surface area contributed by atoms with Gasteiger partial charge in [0, 0.05) is 24.7 Å². The fraction of sp³-hybridized carbons (Fsp3) is 0.381. The Morgan fingerprint density at radius 1 is 1.08 bits per heavy atom. The van der Waals surface area contributed by atoms with Crippen LogP contribution >= 0.6 is 0 Å². The van der Waals surface area contributed by atoms with Gasteiger partial charge in [0.2, 0.25) is 0 Å². The summed E-state index contributed by atoms with van der Waals surface area (Å²) in [6.45, 7) is 8.05. The van der Waals surface area contributed by atoms with Crippen LogP contribution in [-0.2, 0) is 0 Å². The second-order valence-corrected chi connectivity index (χ2v) is 6.36. The van der Waals surface area contributed by atoms with Crippen LogP contribution in [0.15, 0.2) is 54.6 Å². The number of hydrogen-bond acceptors (Lipinski definition) is 3. The van der Waals surface area contributed by atoms with E-state index < -0.39 is 0 Å². The number of hydrogen-bond donors (Lipinski definition) is 0. The number of para-hydroxylation sites is 1. The predicted molar refractivity (Wildman–Crippen MR) is 100 cm³/mol. The third kappa shape index (κ3) is 4.20. The molecule has 25 heavy (non-hydrogen) atoms. The Labute approximate surface area is 150 Å². The van der Waals surface area contributed by atoms with E-state index in [4.69, 9.17) is 4.74 Å². The summed E-state index contributed by atoms with van der Waals surface area (Å²) < 4.78 is 5.85. The summed E-state index contributed by atoms with van der Waals surface area (Å²) in [5.74, 6) is 1.56. The molecule has 0 radical (unpaired) electrons. The van der Waals surface area contributed by atoms with Crippen molar-refractivity contribution in [1.82, 2.24) is 9.80 Å². The summed E-state index contributed by atoms with van der Waals surface area (Å²) in [7, 11) is 0. The maximum Gasteiger partial charge on any atom is 0.254 e. The third-order valence-electron chi connectivity index (χ3n) is 4.84. The SMILES string of the molecule is CCN(CC)C1CCN(C(=O)c2cccc(Oc3ccccc3)c2)C1. The lowest BCUT2D eigenvalue weighted by Gasteiger charge is -2.26. The van der Waals surface area contributed by atoms with E-state index in [2.05, 4.69) is 18.7 Å². The van der Waals surface area contributed by atoms with Gasteiger partial charge in [-0.05, 0) is 49.8 Å². The van der Waals surface area contributed by atoms with E-state index in [0.29, 0.717) is 17.4 Å². The Kier molecular flexibility index (Phi) is 5.71. The number of likely N-dealkylation sites (tertiary alicyclic amines) is 1. The maximum atomic E-state index is 12.8. The van der Waals surface area contributed by atoms with Gasteiger partial charge in [-0.2, -0.15) is 0 Å². The average molecular weight is 338 g/mol. The number of ether oxygens (including phenoxy) is 1. The van der Waals surface area contributed by atoms with Gasteiger partial charge in [0.15, 0.2) is 0 Å². The van der Waals surface area contributed by atoms with E-state index in [1.54, 1.807) is 0 Å². The van der Waals surface area contributed by atoms with Gasteiger partial charge in [0.1, 0.15) is 11.5 Å². The molecule has 2 aromatic carbocycles. The predicted octanol–water partition coefficient (Wildman–Crippen LogP) is 4.04. The van der Waals surface area contributed by atoms with Gasteiger partial charge in [-0.15, -0.1) is 0 Å². The van der Waals surface area contributed by atoms with Gasteiger partial charge in [-0.3, -0.25) is 9.69 Å². The number of carbonyl (C=O) groups is 1. The summed E-state index contributed by atoms with van der Waals surface area (Å²) in [5, 5.41) is 0. The molecule has 1 atom stereocenters. The second kappa shape index (κ2) is 8.17. The monoisotopic (exact) mass is 338 g/mol. The average Bonchev–Trinajstić information content (AvgIpc) is 3.13. The molecular formula is C21H26N2O2. The maximum absolute atomic E-state index is 12.8. The van der Waals surface area contributed by atoms with E-state index in [-0.39, 0.29) is 5.91 Å². The zero-order valence-electron chi connectivity index (χ0n) is 15.0. The lowest BCUT2D eigenvalue weighted by Crippen LogP contribution is -2.38. The van der Waals surface area contributed by atoms with Gasteiger partial charge in [0.25, 0.3) is 5.91 Å². The minimum atomic E-state index is 0.0909. The van der Waals surface area contributed by atoms with E-state index >= 15 is 0 Å². The van der Waals surface area contributed by atoms with Crippen LogP contribution in [0, 0.1) is 0 Å². The zero-order valence-corrected chi connectivity index (χ0v) is 15.0. The molecule has 3 rings (SSSR count). The van der Waals surface area contributed by atoms with Gasteiger partial charge >= 0.3 is 0 Å². The highest BCUT2D eigenvalue weighted by molar-refractivity contribution is 5.94. The van der Waals surface area contributed by atoms with Crippen molar-refractivity contribution in [3.8, 4) is 11.5 Å². The highest BCUT2D eigenvalue weighted by atomic mass is 16.5. The summed E-state index contributed by atoms with van der Waals surface area (Å²) >= 11 is 0. The number of likely N-dealkylation sites (N-methyl/N-ethyl adjacent to an activating group) is 1. The molecule has 132 valence electrons. The first-order valence-corrected chi connectivity index (χ1v) is 9.07. The summed E-state index contributed by atoms with van der Waals surface area (Å²) in [6.07, 6.45) is 1.05. The molecule has 1 fully saturated rings. The summed E-state index contributed by atoms with van der Waals surface area (Å²) in [5.41, 5.74) is 0.689. The molecule has 0 spiro atoms. The Hall–Kier alpha value is -2.33. The molecule has 1 heterocycles. The van der Waals surface area contributed by atoms with Gasteiger partial charge < -0.3 is 9.64 Å². The molecule has 4 heteroatoms. The van der Waals surface area contributed by atoms with Crippen molar-refractivity contribution in [1.29, 1.82) is 0 Å². The van der Waals surface area contributed by atoms with Crippen molar-refractivity contribution in [2.75, 3.05) is 26.2 Å². The molecule has 1 aliphatic rings. The van der Waals surface area contributed by atoms with Crippen LogP contribution in [0.5, 0.6) is 11.5 Å². The van der Waals surface area contributed by atoms with Crippen molar-refractivity contribution in [3.05, 3.63) is 60.2 Å². The van der Waals surface area contributed by atoms with Gasteiger partial charge in [0.05, 0.1) is 0 Å². The number of nitrogens with zero attached hydrogens (tertiary/aromatic N) is 2. The van der Waals surface area contributed by atoms with Crippen molar-refractivity contribution in [3.63, 3.8) is 0 Å². The van der Waals surface area contributed by atoms with E-state index in [9.17, 15) is 4.79 Å². The van der Waals surface area contributed by atoms with Crippen LogP contribution in [0.25, 0.3) is 0 Å². The van der Waals surface area contributed by atoms with Crippen LogP contribution in [0.4, 0.5) is 0 Å². The van der Waals surface area contributed by atoms with Crippen LogP contribution < -0.4 is 4.74 Å². The number of amides is 1. The van der Waals surface area contributed by atoms with Gasteiger partial charge in [-0.1, -0.05) is 38.1 Å².